The molecule has 0 aliphatic carbocycles. The van der Waals surface area contributed by atoms with Gasteiger partial charge in [-0.05, 0) is 53.2 Å². The van der Waals surface area contributed by atoms with E-state index in [1.165, 1.54) is 0 Å². The zero-order valence-electron chi connectivity index (χ0n) is 12.8. The van der Waals surface area contributed by atoms with Gasteiger partial charge in [0, 0.05) is 11.1 Å². The Hall–Kier alpha value is -2.58. The number of hydrogen-bond donors (Lipinski definition) is 4. The number of nitrogens with one attached hydrogen (secondary N) is 2. The van der Waals surface area contributed by atoms with Crippen LogP contribution >= 0.6 is 15.9 Å². The van der Waals surface area contributed by atoms with E-state index < -0.39 is 0 Å². The largest absolute Gasteiger partial charge is 0.503 e. The maximum absolute atomic E-state index is 11.6. The van der Waals surface area contributed by atoms with Crippen LogP contribution in [0.2, 0.25) is 0 Å². The molecule has 5 N–H and O–H groups in total. The summed E-state index contributed by atoms with van der Waals surface area (Å²) in [6.45, 7) is 2.27. The van der Waals surface area contributed by atoms with Gasteiger partial charge in [0.1, 0.15) is 5.82 Å². The number of aromatic nitrogens is 2. The van der Waals surface area contributed by atoms with E-state index in [1.807, 2.05) is 6.92 Å². The van der Waals surface area contributed by atoms with Crippen molar-refractivity contribution in [1.82, 2.24) is 15.4 Å². The summed E-state index contributed by atoms with van der Waals surface area (Å²) in [5.41, 5.74) is 4.68. The first kappa shape index (κ1) is 16.3. The van der Waals surface area contributed by atoms with Crippen molar-refractivity contribution in [3.05, 3.63) is 40.4 Å². The number of hydrazine groups is 1. The number of phenolic OH excluding ortho intramolecular Hbond substituents is 1. The number of amides is 1. The SMILES string of the molecule is CCOc1cc(-c2nc3ccc(C(=O)NN)cc3[nH]2)cc(Br)c1O. The Bertz CT molecular complexity index is 923. The number of carbonyl (C=O) groups is 1. The van der Waals surface area contributed by atoms with Crippen LogP contribution < -0.4 is 16.0 Å². The summed E-state index contributed by atoms with van der Waals surface area (Å²) in [6, 6.07) is 8.50. The Kier molecular flexibility index (Phi) is 4.41. The van der Waals surface area contributed by atoms with Gasteiger partial charge in [-0.25, -0.2) is 10.8 Å². The Labute approximate surface area is 145 Å². The molecule has 8 heteroatoms. The molecule has 124 valence electrons. The maximum Gasteiger partial charge on any atom is 0.265 e. The molecule has 0 spiro atoms. The van der Waals surface area contributed by atoms with Crippen molar-refractivity contribution in [2.75, 3.05) is 6.61 Å². The lowest BCUT2D eigenvalue weighted by molar-refractivity contribution is 0.0954. The second-order valence-electron chi connectivity index (χ2n) is 5.03. The molecule has 0 unspecified atom stereocenters. The number of aromatic hydroxyl groups is 1. The molecule has 3 rings (SSSR count). The molecule has 0 aliphatic rings. The topological polar surface area (TPSA) is 113 Å². The highest BCUT2D eigenvalue weighted by Gasteiger charge is 2.14. The number of halogens is 1. The fourth-order valence-electron chi connectivity index (χ4n) is 2.35. The van der Waals surface area contributed by atoms with Crippen LogP contribution in [0.15, 0.2) is 34.8 Å². The number of benzene rings is 2. The van der Waals surface area contributed by atoms with Crippen LogP contribution in [0.1, 0.15) is 17.3 Å². The molecule has 3 aromatic rings. The van der Waals surface area contributed by atoms with Crippen LogP contribution in [0.25, 0.3) is 22.4 Å². The number of ether oxygens (including phenoxy) is 1. The molecule has 7 nitrogen and oxygen atoms in total. The fourth-order valence-corrected chi connectivity index (χ4v) is 2.79. The quantitative estimate of drug-likeness (QED) is 0.310. The van der Waals surface area contributed by atoms with E-state index in [-0.39, 0.29) is 11.7 Å². The van der Waals surface area contributed by atoms with Crippen molar-refractivity contribution < 1.29 is 14.6 Å². The molecule has 1 heterocycles. The first-order chi connectivity index (χ1) is 11.5. The standard InChI is InChI=1S/C16H15BrN4O3/c1-2-24-13-7-9(5-10(17)14(13)22)15-19-11-4-3-8(16(23)21-18)6-12(11)20-15/h3-7,22H,2,18H2,1H3,(H,19,20)(H,21,23). The molecule has 0 bridgehead atoms. The van der Waals surface area contributed by atoms with E-state index in [2.05, 4.69) is 31.3 Å². The number of fused-ring (bicyclic) bond motifs is 1. The van der Waals surface area contributed by atoms with Gasteiger partial charge in [-0.1, -0.05) is 0 Å². The second-order valence-corrected chi connectivity index (χ2v) is 5.88. The van der Waals surface area contributed by atoms with Crippen LogP contribution in [0.3, 0.4) is 0 Å². The fraction of sp³-hybridized carbons (Fsp3) is 0.125. The van der Waals surface area contributed by atoms with Gasteiger partial charge in [0.05, 0.1) is 22.1 Å². The van der Waals surface area contributed by atoms with Crippen molar-refractivity contribution in [3.8, 4) is 22.9 Å². The number of carbonyl (C=O) groups excluding carboxylic acids is 1. The van der Waals surface area contributed by atoms with E-state index >= 15 is 0 Å². The highest BCUT2D eigenvalue weighted by atomic mass is 79.9. The molecule has 0 radical (unpaired) electrons. The average Bonchev–Trinajstić information content (AvgIpc) is 3.01. The first-order valence-corrected chi connectivity index (χ1v) is 7.99. The van der Waals surface area contributed by atoms with E-state index in [0.717, 1.165) is 5.56 Å². The van der Waals surface area contributed by atoms with Gasteiger partial charge >= 0.3 is 0 Å². The van der Waals surface area contributed by atoms with E-state index in [1.54, 1.807) is 30.3 Å². The molecular weight excluding hydrogens is 376 g/mol. The lowest BCUT2D eigenvalue weighted by Gasteiger charge is -2.09. The molecule has 1 aromatic heterocycles. The Balaban J connectivity index is 2.08. The van der Waals surface area contributed by atoms with E-state index in [4.69, 9.17) is 10.6 Å². The molecule has 0 saturated carbocycles. The van der Waals surface area contributed by atoms with Gasteiger partial charge < -0.3 is 14.8 Å². The number of nitrogen functional groups attached to an aromatic ring is 1. The van der Waals surface area contributed by atoms with Gasteiger partial charge in [0.2, 0.25) is 0 Å². The molecule has 24 heavy (non-hydrogen) atoms. The molecule has 0 aliphatic heterocycles. The van der Waals surface area contributed by atoms with E-state index in [0.29, 0.717) is 39.3 Å². The number of rotatable bonds is 4. The maximum atomic E-state index is 11.6. The van der Waals surface area contributed by atoms with Crippen molar-refractivity contribution in [2.24, 2.45) is 5.84 Å². The third kappa shape index (κ3) is 2.93. The summed E-state index contributed by atoms with van der Waals surface area (Å²) in [6.07, 6.45) is 0. The molecule has 0 fully saturated rings. The zero-order chi connectivity index (χ0) is 17.3. The minimum absolute atomic E-state index is 0.0404. The minimum Gasteiger partial charge on any atom is -0.503 e. The number of aromatic amines is 1. The Morgan fingerprint density at radius 1 is 1.42 bits per heavy atom. The summed E-state index contributed by atoms with van der Waals surface area (Å²) in [7, 11) is 0. The highest BCUT2D eigenvalue weighted by molar-refractivity contribution is 9.10. The van der Waals surface area contributed by atoms with Crippen LogP contribution in [-0.2, 0) is 0 Å². The molecule has 2 aromatic carbocycles. The summed E-state index contributed by atoms with van der Waals surface area (Å²) in [5, 5.41) is 10.0. The normalized spacial score (nSPS) is 10.8. The first-order valence-electron chi connectivity index (χ1n) is 7.20. The van der Waals surface area contributed by atoms with Gasteiger partial charge in [0.25, 0.3) is 5.91 Å². The van der Waals surface area contributed by atoms with Crippen molar-refractivity contribution in [1.29, 1.82) is 0 Å². The predicted molar refractivity (Wildman–Crippen MR) is 93.7 cm³/mol. The van der Waals surface area contributed by atoms with E-state index in [9.17, 15) is 9.90 Å². The third-order valence-electron chi connectivity index (χ3n) is 3.48. The van der Waals surface area contributed by atoms with Gasteiger partial charge in [-0.2, -0.15) is 0 Å². The lowest BCUT2D eigenvalue weighted by Crippen LogP contribution is -2.29. The number of hydrogen-bond acceptors (Lipinski definition) is 5. The van der Waals surface area contributed by atoms with Crippen LogP contribution in [0.4, 0.5) is 0 Å². The average molecular weight is 391 g/mol. The highest BCUT2D eigenvalue weighted by Crippen LogP contribution is 2.38. The zero-order valence-corrected chi connectivity index (χ0v) is 14.3. The second kappa shape index (κ2) is 6.50. The summed E-state index contributed by atoms with van der Waals surface area (Å²) in [5.74, 6) is 5.78. The predicted octanol–water partition coefficient (Wildman–Crippen LogP) is 2.70. The summed E-state index contributed by atoms with van der Waals surface area (Å²) < 4.78 is 5.94. The summed E-state index contributed by atoms with van der Waals surface area (Å²) >= 11 is 3.31. The number of nitrogens with zero attached hydrogens (tertiary/aromatic N) is 1. The van der Waals surface area contributed by atoms with Crippen molar-refractivity contribution in [2.45, 2.75) is 6.92 Å². The van der Waals surface area contributed by atoms with Crippen LogP contribution in [0.5, 0.6) is 11.5 Å². The molecule has 1 amide bonds. The monoisotopic (exact) mass is 390 g/mol. The van der Waals surface area contributed by atoms with Gasteiger partial charge in [-0.3, -0.25) is 10.2 Å². The molecular formula is C16H15BrN4O3. The number of H-pyrrole nitrogens is 1. The van der Waals surface area contributed by atoms with Crippen molar-refractivity contribution >= 4 is 32.9 Å². The molecule has 0 saturated heterocycles. The number of imidazole rings is 1. The number of phenols is 1. The van der Waals surface area contributed by atoms with Crippen LogP contribution in [-0.4, -0.2) is 27.6 Å². The lowest BCUT2D eigenvalue weighted by atomic mass is 10.2. The number of nitrogens with two attached hydrogens (primary N) is 1. The van der Waals surface area contributed by atoms with Crippen molar-refractivity contribution in [3.63, 3.8) is 0 Å². The van der Waals surface area contributed by atoms with Gasteiger partial charge in [0.15, 0.2) is 11.5 Å². The Morgan fingerprint density at radius 3 is 2.92 bits per heavy atom. The minimum atomic E-state index is -0.376. The van der Waals surface area contributed by atoms with Crippen LogP contribution in [0, 0.1) is 0 Å². The summed E-state index contributed by atoms with van der Waals surface area (Å²) in [4.78, 5) is 19.3. The smallest absolute Gasteiger partial charge is 0.265 e. The van der Waals surface area contributed by atoms with Gasteiger partial charge in [-0.15, -0.1) is 0 Å². The Morgan fingerprint density at radius 2 is 2.21 bits per heavy atom. The third-order valence-corrected chi connectivity index (χ3v) is 4.08. The molecule has 0 atom stereocenters.